The Morgan fingerprint density at radius 2 is 1.85 bits per heavy atom. The second-order valence-electron chi connectivity index (χ2n) is 10.3. The largest absolute Gasteiger partial charge is 0.299 e. The van der Waals surface area contributed by atoms with Crippen LogP contribution in [-0.4, -0.2) is 20.7 Å². The van der Waals surface area contributed by atoms with E-state index in [0.29, 0.717) is 35.2 Å². The van der Waals surface area contributed by atoms with Crippen LogP contribution in [0.3, 0.4) is 0 Å². The van der Waals surface area contributed by atoms with Gasteiger partial charge in [0, 0.05) is 46.8 Å². The normalized spacial score (nSPS) is 26.6. The summed E-state index contributed by atoms with van der Waals surface area (Å²) in [5.41, 5.74) is 5.26. The molecule has 2 heterocycles. The van der Waals surface area contributed by atoms with Crippen LogP contribution in [0.5, 0.6) is 0 Å². The molecular formula is C28H28FN3O. The second-order valence-corrected chi connectivity index (χ2v) is 10.3. The molecule has 3 aliphatic rings. The molecule has 0 N–H and O–H groups in total. The minimum absolute atomic E-state index is 0.0233. The predicted molar refractivity (Wildman–Crippen MR) is 125 cm³/mol. The van der Waals surface area contributed by atoms with E-state index >= 15 is 4.39 Å². The van der Waals surface area contributed by atoms with Gasteiger partial charge >= 0.3 is 0 Å². The van der Waals surface area contributed by atoms with E-state index in [9.17, 15) is 4.79 Å². The number of carbonyl (C=O) groups excluding carboxylic acids is 1. The number of carbonyl (C=O) groups is 1. The van der Waals surface area contributed by atoms with Crippen LogP contribution in [0.4, 0.5) is 4.39 Å². The highest BCUT2D eigenvalue weighted by atomic mass is 19.1. The molecule has 0 spiro atoms. The van der Waals surface area contributed by atoms with Gasteiger partial charge in [-0.25, -0.2) is 14.4 Å². The molecule has 2 fully saturated rings. The van der Waals surface area contributed by atoms with E-state index in [-0.39, 0.29) is 23.1 Å². The fourth-order valence-corrected chi connectivity index (χ4v) is 6.25. The van der Waals surface area contributed by atoms with Gasteiger partial charge in [0.2, 0.25) is 0 Å². The summed E-state index contributed by atoms with van der Waals surface area (Å²) >= 11 is 0. The van der Waals surface area contributed by atoms with Crippen molar-refractivity contribution in [1.82, 2.24) is 15.0 Å². The zero-order chi connectivity index (χ0) is 22.7. The lowest BCUT2D eigenvalue weighted by Gasteiger charge is -2.48. The molecule has 0 amide bonds. The maximum Gasteiger partial charge on any atom is 0.160 e. The quantitative estimate of drug-likeness (QED) is 0.497. The summed E-state index contributed by atoms with van der Waals surface area (Å²) in [5.74, 6) is 1.53. The zero-order valence-electron chi connectivity index (χ0n) is 19.1. The molecule has 3 aromatic rings. The van der Waals surface area contributed by atoms with E-state index in [2.05, 4.69) is 18.8 Å². The molecule has 3 aliphatic carbocycles. The molecule has 1 aromatic carbocycles. The molecule has 168 valence electrons. The van der Waals surface area contributed by atoms with Crippen LogP contribution >= 0.6 is 0 Å². The van der Waals surface area contributed by atoms with Crippen molar-refractivity contribution in [2.45, 2.75) is 63.7 Å². The molecule has 0 aliphatic heterocycles. The summed E-state index contributed by atoms with van der Waals surface area (Å²) in [6.45, 7) is 4.33. The predicted octanol–water partition coefficient (Wildman–Crippen LogP) is 6.04. The highest BCUT2D eigenvalue weighted by molar-refractivity contribution is 5.83. The van der Waals surface area contributed by atoms with Gasteiger partial charge in [-0.1, -0.05) is 26.0 Å². The van der Waals surface area contributed by atoms with Gasteiger partial charge in [-0.2, -0.15) is 0 Å². The van der Waals surface area contributed by atoms with Gasteiger partial charge in [-0.05, 0) is 67.7 Å². The first-order valence-corrected chi connectivity index (χ1v) is 12.1. The van der Waals surface area contributed by atoms with Crippen LogP contribution in [0.1, 0.15) is 68.7 Å². The highest BCUT2D eigenvalue weighted by Crippen LogP contribution is 2.52. The Balaban J connectivity index is 1.61. The van der Waals surface area contributed by atoms with Crippen molar-refractivity contribution in [2.75, 3.05) is 0 Å². The van der Waals surface area contributed by atoms with Crippen molar-refractivity contribution in [3.63, 3.8) is 0 Å². The van der Waals surface area contributed by atoms with Crippen LogP contribution in [-0.2, 0) is 16.6 Å². The number of hydrogen-bond donors (Lipinski definition) is 0. The van der Waals surface area contributed by atoms with E-state index in [1.54, 1.807) is 12.3 Å². The summed E-state index contributed by atoms with van der Waals surface area (Å²) in [7, 11) is 0. The van der Waals surface area contributed by atoms with E-state index in [4.69, 9.17) is 9.97 Å². The van der Waals surface area contributed by atoms with Crippen LogP contribution in [0, 0.1) is 17.7 Å². The Morgan fingerprint density at radius 3 is 2.64 bits per heavy atom. The third kappa shape index (κ3) is 3.24. The third-order valence-electron chi connectivity index (χ3n) is 8.31. The fraction of sp³-hybridized carbons (Fsp3) is 0.429. The molecule has 0 unspecified atom stereocenters. The van der Waals surface area contributed by atoms with Gasteiger partial charge in [-0.15, -0.1) is 0 Å². The molecule has 0 bridgehead atoms. The average molecular weight is 442 g/mol. The Bertz CT molecular complexity index is 1270. The number of ketones is 1. The van der Waals surface area contributed by atoms with Crippen molar-refractivity contribution in [2.24, 2.45) is 11.8 Å². The van der Waals surface area contributed by atoms with Crippen molar-refractivity contribution in [1.29, 1.82) is 0 Å². The van der Waals surface area contributed by atoms with E-state index < -0.39 is 0 Å². The lowest BCUT2D eigenvalue weighted by molar-refractivity contribution is -0.128. The Hall–Kier alpha value is -2.95. The molecule has 0 radical (unpaired) electrons. The SMILES string of the molecule is C[C@H]1C(=O)CC[C@@]2(C)c3nc(-c4ccncc4C4CC4)nc(-c4ccccc4F)c3CC[C@H]12. The maximum atomic E-state index is 15.0. The molecule has 5 heteroatoms. The number of benzene rings is 1. The third-order valence-corrected chi connectivity index (χ3v) is 8.31. The fourth-order valence-electron chi connectivity index (χ4n) is 6.25. The van der Waals surface area contributed by atoms with E-state index in [1.165, 1.54) is 11.6 Å². The van der Waals surface area contributed by atoms with E-state index in [1.807, 2.05) is 24.4 Å². The van der Waals surface area contributed by atoms with Gasteiger partial charge in [0.25, 0.3) is 0 Å². The molecule has 0 saturated heterocycles. The number of halogens is 1. The van der Waals surface area contributed by atoms with Gasteiger partial charge in [0.1, 0.15) is 11.6 Å². The van der Waals surface area contributed by atoms with Gasteiger partial charge < -0.3 is 0 Å². The standard InChI is InChI=1S/C28H28FN3O/c1-16-22-10-9-20-25(19-5-3-4-6-23(19)29)31-27(18-12-14-30-15-21(18)17-7-8-17)32-26(20)28(22,2)13-11-24(16)33/h3-6,12,14-17,22H,7-11,13H2,1-2H3/t16-,22-,28-/m1/s1. The molecule has 6 rings (SSSR count). The summed E-state index contributed by atoms with van der Waals surface area (Å²) in [4.78, 5) is 27.1. The Kier molecular flexibility index (Phi) is 4.72. The summed E-state index contributed by atoms with van der Waals surface area (Å²) in [6.07, 6.45) is 9.07. The van der Waals surface area contributed by atoms with Crippen LogP contribution in [0.2, 0.25) is 0 Å². The number of Topliss-reactive ketones (excluding diaryl/α,β-unsaturated/α-hetero) is 1. The van der Waals surface area contributed by atoms with Crippen molar-refractivity contribution < 1.29 is 9.18 Å². The van der Waals surface area contributed by atoms with Gasteiger partial charge in [-0.3, -0.25) is 9.78 Å². The lowest BCUT2D eigenvalue weighted by atomic mass is 9.56. The average Bonchev–Trinajstić information content (AvgIpc) is 3.67. The monoisotopic (exact) mass is 441 g/mol. The molecule has 2 saturated carbocycles. The van der Waals surface area contributed by atoms with Crippen LogP contribution in [0.15, 0.2) is 42.7 Å². The molecule has 33 heavy (non-hydrogen) atoms. The van der Waals surface area contributed by atoms with Crippen molar-refractivity contribution >= 4 is 5.78 Å². The molecule has 2 aromatic heterocycles. The number of hydrogen-bond acceptors (Lipinski definition) is 4. The number of fused-ring (bicyclic) bond motifs is 3. The number of pyridine rings is 1. The molecular weight excluding hydrogens is 413 g/mol. The summed E-state index contributed by atoms with van der Waals surface area (Å²) < 4.78 is 15.0. The first kappa shape index (κ1) is 20.6. The van der Waals surface area contributed by atoms with Gasteiger partial charge in [0.05, 0.1) is 11.4 Å². The van der Waals surface area contributed by atoms with Crippen LogP contribution < -0.4 is 0 Å². The van der Waals surface area contributed by atoms with Crippen LogP contribution in [0.25, 0.3) is 22.6 Å². The highest BCUT2D eigenvalue weighted by Gasteiger charge is 2.50. The Labute approximate surface area is 193 Å². The second kappa shape index (κ2) is 7.54. The van der Waals surface area contributed by atoms with E-state index in [0.717, 1.165) is 48.9 Å². The number of nitrogens with zero attached hydrogens (tertiary/aromatic N) is 3. The van der Waals surface area contributed by atoms with Crippen molar-refractivity contribution in [3.8, 4) is 22.6 Å². The van der Waals surface area contributed by atoms with Gasteiger partial charge in [0.15, 0.2) is 5.82 Å². The first-order chi connectivity index (χ1) is 16.0. The minimum Gasteiger partial charge on any atom is -0.299 e. The number of aromatic nitrogens is 3. The smallest absolute Gasteiger partial charge is 0.160 e. The summed E-state index contributed by atoms with van der Waals surface area (Å²) in [6, 6.07) is 8.89. The first-order valence-electron chi connectivity index (χ1n) is 12.1. The van der Waals surface area contributed by atoms with Crippen molar-refractivity contribution in [3.05, 3.63) is 65.4 Å². The zero-order valence-corrected chi connectivity index (χ0v) is 19.1. The lowest BCUT2D eigenvalue weighted by Crippen LogP contribution is -2.47. The topological polar surface area (TPSA) is 55.7 Å². The molecule has 4 nitrogen and oxygen atoms in total. The summed E-state index contributed by atoms with van der Waals surface area (Å²) in [5, 5.41) is 0. The molecule has 3 atom stereocenters. The maximum absolute atomic E-state index is 15.0. The minimum atomic E-state index is -0.263. The Morgan fingerprint density at radius 1 is 1.03 bits per heavy atom. The number of rotatable bonds is 3.